The zero-order valence-corrected chi connectivity index (χ0v) is 12.9. The predicted octanol–water partition coefficient (Wildman–Crippen LogP) is 2.25. The van der Waals surface area contributed by atoms with Crippen LogP contribution in [0.5, 0.6) is 5.75 Å². The molecule has 1 unspecified atom stereocenters. The Balaban J connectivity index is 1.74. The van der Waals surface area contributed by atoms with Gasteiger partial charge in [-0.05, 0) is 26.1 Å². The highest BCUT2D eigenvalue weighted by molar-refractivity contribution is 5.83. The van der Waals surface area contributed by atoms with Crippen molar-refractivity contribution in [1.29, 1.82) is 0 Å². The van der Waals surface area contributed by atoms with E-state index < -0.39 is 0 Å². The largest absolute Gasteiger partial charge is 0.493 e. The summed E-state index contributed by atoms with van der Waals surface area (Å²) in [6.07, 6.45) is 0. The molecule has 0 bridgehead atoms. The van der Waals surface area contributed by atoms with Crippen molar-refractivity contribution in [3.8, 4) is 5.75 Å². The van der Waals surface area contributed by atoms with Crippen molar-refractivity contribution in [2.75, 3.05) is 40.3 Å². The van der Waals surface area contributed by atoms with Crippen LogP contribution in [0.3, 0.4) is 0 Å². The maximum atomic E-state index is 5.99. The maximum Gasteiger partial charge on any atom is 0.176 e. The first-order chi connectivity index (χ1) is 10.2. The summed E-state index contributed by atoms with van der Waals surface area (Å²) >= 11 is 0. The second-order valence-electron chi connectivity index (χ2n) is 5.67. The number of benzene rings is 1. The van der Waals surface area contributed by atoms with Gasteiger partial charge in [-0.25, -0.2) is 10.4 Å². The molecular weight excluding hydrogens is 266 g/mol. The van der Waals surface area contributed by atoms with E-state index in [1.807, 2.05) is 18.2 Å². The van der Waals surface area contributed by atoms with Gasteiger partial charge >= 0.3 is 0 Å². The molecule has 5 nitrogen and oxygen atoms in total. The average molecular weight is 289 g/mol. The Morgan fingerprint density at radius 2 is 2.00 bits per heavy atom. The van der Waals surface area contributed by atoms with Crippen molar-refractivity contribution >= 4 is 11.0 Å². The van der Waals surface area contributed by atoms with Gasteiger partial charge in [0.1, 0.15) is 5.76 Å². The van der Waals surface area contributed by atoms with Crippen LogP contribution in [0.4, 0.5) is 0 Å². The van der Waals surface area contributed by atoms with Crippen LogP contribution in [0, 0.1) is 0 Å². The van der Waals surface area contributed by atoms with Gasteiger partial charge in [-0.2, -0.15) is 0 Å². The molecule has 1 aromatic heterocycles. The summed E-state index contributed by atoms with van der Waals surface area (Å²) in [6.45, 7) is 6.37. The summed E-state index contributed by atoms with van der Waals surface area (Å²) in [5.41, 5.74) is 4.35. The van der Waals surface area contributed by atoms with E-state index in [0.29, 0.717) is 0 Å². The quantitative estimate of drug-likeness (QED) is 0.935. The number of hydrazine groups is 1. The van der Waals surface area contributed by atoms with Crippen molar-refractivity contribution in [3.05, 3.63) is 30.0 Å². The van der Waals surface area contributed by atoms with Crippen molar-refractivity contribution in [3.63, 3.8) is 0 Å². The van der Waals surface area contributed by atoms with Gasteiger partial charge in [0.05, 0.1) is 13.2 Å². The van der Waals surface area contributed by atoms with Crippen LogP contribution in [0.15, 0.2) is 28.7 Å². The highest BCUT2D eigenvalue weighted by Gasteiger charge is 2.19. The minimum absolute atomic E-state index is 0.144. The molecule has 0 radical (unpaired) electrons. The Labute approximate surface area is 125 Å². The molecule has 1 N–H and O–H groups in total. The van der Waals surface area contributed by atoms with Crippen LogP contribution >= 0.6 is 0 Å². The lowest BCUT2D eigenvalue weighted by molar-refractivity contribution is 0.0860. The van der Waals surface area contributed by atoms with Crippen molar-refractivity contribution in [2.24, 2.45) is 0 Å². The van der Waals surface area contributed by atoms with Crippen LogP contribution in [-0.4, -0.2) is 50.2 Å². The Bertz CT molecular complexity index is 603. The van der Waals surface area contributed by atoms with Crippen molar-refractivity contribution < 1.29 is 9.15 Å². The van der Waals surface area contributed by atoms with Crippen LogP contribution in [0.1, 0.15) is 18.7 Å². The van der Waals surface area contributed by atoms with Crippen LogP contribution in [-0.2, 0) is 0 Å². The molecule has 2 heterocycles. The molecule has 1 fully saturated rings. The number of piperazine rings is 1. The third kappa shape index (κ3) is 3.05. The molecule has 3 rings (SSSR count). The van der Waals surface area contributed by atoms with Gasteiger partial charge in [0.2, 0.25) is 0 Å². The van der Waals surface area contributed by atoms with E-state index in [1.165, 1.54) is 0 Å². The molecule has 1 aliphatic heterocycles. The molecule has 1 aromatic carbocycles. The van der Waals surface area contributed by atoms with E-state index >= 15 is 0 Å². The number of para-hydroxylation sites is 1. The first-order valence-corrected chi connectivity index (χ1v) is 7.43. The molecule has 5 heteroatoms. The molecule has 0 saturated carbocycles. The topological polar surface area (TPSA) is 40.9 Å². The van der Waals surface area contributed by atoms with Crippen LogP contribution in [0.25, 0.3) is 11.0 Å². The van der Waals surface area contributed by atoms with E-state index in [-0.39, 0.29) is 6.04 Å². The lowest BCUT2D eigenvalue weighted by Crippen LogP contribution is -2.51. The maximum absolute atomic E-state index is 5.99. The number of rotatable bonds is 4. The summed E-state index contributed by atoms with van der Waals surface area (Å²) in [5.74, 6) is 1.72. The Morgan fingerprint density at radius 3 is 2.71 bits per heavy atom. The molecule has 0 aliphatic carbocycles. The molecule has 1 saturated heterocycles. The number of likely N-dealkylation sites (N-methyl/N-ethyl adjacent to an activating group) is 1. The number of ether oxygens (including phenoxy) is 1. The smallest absolute Gasteiger partial charge is 0.176 e. The molecule has 2 aromatic rings. The van der Waals surface area contributed by atoms with Gasteiger partial charge in [-0.3, -0.25) is 0 Å². The fraction of sp³-hybridized carbons (Fsp3) is 0.500. The van der Waals surface area contributed by atoms with E-state index in [4.69, 9.17) is 9.15 Å². The van der Waals surface area contributed by atoms with Crippen LogP contribution < -0.4 is 10.2 Å². The molecule has 114 valence electrons. The number of hydrogen-bond donors (Lipinski definition) is 1. The third-order valence-corrected chi connectivity index (χ3v) is 4.05. The average Bonchev–Trinajstić information content (AvgIpc) is 2.93. The zero-order chi connectivity index (χ0) is 14.8. The van der Waals surface area contributed by atoms with Gasteiger partial charge in [0, 0.05) is 31.6 Å². The number of nitrogens with zero attached hydrogens (tertiary/aromatic N) is 2. The van der Waals surface area contributed by atoms with Gasteiger partial charge in [-0.15, -0.1) is 0 Å². The molecule has 21 heavy (non-hydrogen) atoms. The predicted molar refractivity (Wildman–Crippen MR) is 83.4 cm³/mol. The van der Waals surface area contributed by atoms with Gasteiger partial charge < -0.3 is 14.1 Å². The molecule has 1 atom stereocenters. The standard InChI is InChI=1S/C16H23N3O2/c1-12(17-19-9-7-18(2)8-10-19)15-11-13-5-4-6-14(20-3)16(13)21-15/h4-6,11-12,17H,7-10H2,1-3H3. The Hall–Kier alpha value is -1.56. The summed E-state index contributed by atoms with van der Waals surface area (Å²) in [4.78, 5) is 2.34. The molecule has 1 aliphatic rings. The highest BCUT2D eigenvalue weighted by Crippen LogP contribution is 2.30. The normalized spacial score (nSPS) is 19.0. The fourth-order valence-corrected chi connectivity index (χ4v) is 2.70. The van der Waals surface area contributed by atoms with Crippen LogP contribution in [0.2, 0.25) is 0 Å². The van der Waals surface area contributed by atoms with Crippen molar-refractivity contribution in [1.82, 2.24) is 15.3 Å². The first kappa shape index (κ1) is 14.4. The Kier molecular flexibility index (Phi) is 4.14. The first-order valence-electron chi connectivity index (χ1n) is 7.43. The van der Waals surface area contributed by atoms with Gasteiger partial charge in [0.25, 0.3) is 0 Å². The number of hydrogen-bond acceptors (Lipinski definition) is 5. The number of fused-ring (bicyclic) bond motifs is 1. The highest BCUT2D eigenvalue weighted by atomic mass is 16.5. The lowest BCUT2D eigenvalue weighted by Gasteiger charge is -2.34. The minimum Gasteiger partial charge on any atom is -0.493 e. The molecular formula is C16H23N3O2. The van der Waals surface area contributed by atoms with Crippen molar-refractivity contribution in [2.45, 2.75) is 13.0 Å². The van der Waals surface area contributed by atoms with E-state index in [1.54, 1.807) is 7.11 Å². The van der Waals surface area contributed by atoms with E-state index in [2.05, 4.69) is 35.4 Å². The second-order valence-corrected chi connectivity index (χ2v) is 5.67. The number of furan rings is 1. The third-order valence-electron chi connectivity index (χ3n) is 4.05. The summed E-state index contributed by atoms with van der Waals surface area (Å²) in [6, 6.07) is 8.19. The Morgan fingerprint density at radius 1 is 1.24 bits per heavy atom. The minimum atomic E-state index is 0.144. The monoisotopic (exact) mass is 289 g/mol. The summed E-state index contributed by atoms with van der Waals surface area (Å²) in [5, 5.41) is 3.35. The lowest BCUT2D eigenvalue weighted by atomic mass is 10.2. The number of methoxy groups -OCH3 is 1. The fourth-order valence-electron chi connectivity index (χ4n) is 2.70. The molecule has 0 spiro atoms. The van der Waals surface area contributed by atoms with E-state index in [0.717, 1.165) is 48.7 Å². The second kappa shape index (κ2) is 6.05. The summed E-state index contributed by atoms with van der Waals surface area (Å²) in [7, 11) is 3.83. The summed E-state index contributed by atoms with van der Waals surface area (Å²) < 4.78 is 11.3. The number of nitrogens with one attached hydrogen (secondary N) is 1. The van der Waals surface area contributed by atoms with Gasteiger partial charge in [-0.1, -0.05) is 12.1 Å². The SMILES string of the molecule is COc1cccc2cc(C(C)NN3CCN(C)CC3)oc12. The molecule has 0 amide bonds. The zero-order valence-electron chi connectivity index (χ0n) is 12.9. The van der Waals surface area contributed by atoms with Gasteiger partial charge in [0.15, 0.2) is 11.3 Å². The van der Waals surface area contributed by atoms with E-state index in [9.17, 15) is 0 Å².